The van der Waals surface area contributed by atoms with Crippen LogP contribution in [0.5, 0.6) is 0 Å². The van der Waals surface area contributed by atoms with Gasteiger partial charge in [0.05, 0.1) is 6.33 Å². The number of urea groups is 1. The number of carbonyl (C=O) groups is 1. The van der Waals surface area contributed by atoms with Gasteiger partial charge in [-0.15, -0.1) is 0 Å². The first kappa shape index (κ1) is 11.4. The first-order valence-corrected chi connectivity index (χ1v) is 4.49. The summed E-state index contributed by atoms with van der Waals surface area (Å²) < 4.78 is 20.9. The average molecular weight is 207 g/mol. The van der Waals surface area contributed by atoms with Gasteiger partial charge in [0.1, 0.15) is 0 Å². The Kier molecular flexibility index (Phi) is 4.48. The minimum atomic E-state index is -3.95. The fourth-order valence-corrected chi connectivity index (χ4v) is 0.636. The number of carbonyl (C=O) groups excluding carboxylic acids is 1. The van der Waals surface area contributed by atoms with Crippen molar-refractivity contribution >= 4 is 16.2 Å². The monoisotopic (exact) mass is 207 g/mol. The molecule has 0 aromatic carbocycles. The van der Waals surface area contributed by atoms with Crippen LogP contribution in [-0.2, 0) is 10.2 Å². The zero-order valence-electron chi connectivity index (χ0n) is 6.47. The van der Waals surface area contributed by atoms with Crippen molar-refractivity contribution in [2.45, 2.75) is 0 Å². The predicted molar refractivity (Wildman–Crippen MR) is 44.4 cm³/mol. The van der Waals surface area contributed by atoms with Gasteiger partial charge in [0, 0.05) is 12.4 Å². The van der Waals surface area contributed by atoms with Crippen LogP contribution in [0.1, 0.15) is 0 Å². The van der Waals surface area contributed by atoms with Crippen molar-refractivity contribution in [3.63, 3.8) is 0 Å². The van der Waals surface area contributed by atoms with Crippen LogP contribution < -0.4 is 15.6 Å². The second-order valence-corrected chi connectivity index (χ2v) is 3.07. The Bertz CT molecular complexity index is 313. The topological polar surface area (TPSA) is 144 Å². The Balaban J connectivity index is 0.000000243. The highest BCUT2D eigenvalue weighted by atomic mass is 32.2. The summed E-state index contributed by atoms with van der Waals surface area (Å²) in [5.41, 5.74) is 4.37. The third kappa shape index (κ3) is 10.4. The van der Waals surface area contributed by atoms with Gasteiger partial charge in [0.25, 0.3) is 10.2 Å². The molecule has 2 amide bonds. The highest BCUT2D eigenvalue weighted by Gasteiger charge is 2.01. The molecule has 9 heteroatoms. The molecule has 0 aliphatic carbocycles. The van der Waals surface area contributed by atoms with Gasteiger partial charge in [-0.05, 0) is 0 Å². The number of aromatic nitrogens is 2. The zero-order chi connectivity index (χ0) is 10.3. The van der Waals surface area contributed by atoms with Crippen LogP contribution >= 0.6 is 0 Å². The van der Waals surface area contributed by atoms with Crippen LogP contribution in [0, 0.1) is 0 Å². The smallest absolute Gasteiger partial charge is 0.326 e. The summed E-state index contributed by atoms with van der Waals surface area (Å²) in [6.45, 7) is 0. The summed E-state index contributed by atoms with van der Waals surface area (Å²) in [5, 5.41) is 4.30. The highest BCUT2D eigenvalue weighted by molar-refractivity contribution is 7.87. The van der Waals surface area contributed by atoms with E-state index in [1.54, 1.807) is 18.7 Å². The Morgan fingerprint density at radius 2 is 2.15 bits per heavy atom. The normalized spacial score (nSPS) is 9.62. The standard InChI is InChI=1S/C3H4N2.CH5N3O3S/c1-2-5-3-4-1;2-1(5)4-8(3,6)7/h1-3H,(H,4,5);(H3,2,4,5)(H2,3,6,7). The molecule has 8 nitrogen and oxygen atoms in total. The van der Waals surface area contributed by atoms with Gasteiger partial charge in [-0.25, -0.2) is 19.6 Å². The fourth-order valence-electron chi connectivity index (χ4n) is 0.355. The number of imidazole rings is 1. The van der Waals surface area contributed by atoms with Gasteiger partial charge in [0.2, 0.25) is 0 Å². The summed E-state index contributed by atoms with van der Waals surface area (Å²) in [5.74, 6) is 0. The summed E-state index contributed by atoms with van der Waals surface area (Å²) in [6, 6.07) is -1.19. The number of nitrogens with zero attached hydrogens (tertiary/aromatic N) is 1. The second-order valence-electron chi connectivity index (χ2n) is 1.77. The van der Waals surface area contributed by atoms with Crippen LogP contribution in [-0.4, -0.2) is 24.4 Å². The molecule has 0 aliphatic rings. The van der Waals surface area contributed by atoms with Crippen molar-refractivity contribution in [1.29, 1.82) is 0 Å². The van der Waals surface area contributed by atoms with Gasteiger partial charge in [-0.1, -0.05) is 0 Å². The van der Waals surface area contributed by atoms with E-state index in [4.69, 9.17) is 0 Å². The van der Waals surface area contributed by atoms with Crippen LogP contribution in [0.3, 0.4) is 0 Å². The molecule has 6 N–H and O–H groups in total. The van der Waals surface area contributed by atoms with Crippen molar-refractivity contribution in [1.82, 2.24) is 14.7 Å². The Labute approximate surface area is 74.5 Å². The van der Waals surface area contributed by atoms with E-state index in [2.05, 4.69) is 20.8 Å². The van der Waals surface area contributed by atoms with E-state index in [1.807, 2.05) is 0 Å². The molecule has 0 saturated carbocycles. The number of aromatic amines is 1. The van der Waals surface area contributed by atoms with Gasteiger partial charge in [-0.2, -0.15) is 8.42 Å². The number of H-pyrrole nitrogens is 1. The van der Waals surface area contributed by atoms with E-state index in [0.29, 0.717) is 0 Å². The maximum absolute atomic E-state index is 9.81. The Morgan fingerprint density at radius 3 is 2.23 bits per heavy atom. The molecule has 74 valence electrons. The van der Waals surface area contributed by atoms with E-state index in [0.717, 1.165) is 0 Å². The summed E-state index contributed by atoms with van der Waals surface area (Å²) in [6.07, 6.45) is 5.08. The molecular weight excluding hydrogens is 198 g/mol. The van der Waals surface area contributed by atoms with E-state index < -0.39 is 16.2 Å². The lowest BCUT2D eigenvalue weighted by atomic mass is 11.0. The highest BCUT2D eigenvalue weighted by Crippen LogP contribution is 1.63. The molecule has 1 aromatic heterocycles. The van der Waals surface area contributed by atoms with Crippen molar-refractivity contribution in [3.8, 4) is 0 Å². The molecule has 0 bridgehead atoms. The van der Waals surface area contributed by atoms with Gasteiger partial charge < -0.3 is 10.7 Å². The third-order valence-corrected chi connectivity index (χ3v) is 1.13. The molecule has 1 rings (SSSR count). The quantitative estimate of drug-likeness (QED) is 0.433. The van der Waals surface area contributed by atoms with Gasteiger partial charge >= 0.3 is 6.03 Å². The summed E-state index contributed by atoms with van der Waals surface area (Å²) in [7, 11) is -3.95. The molecule has 0 unspecified atom stereocenters. The van der Waals surface area contributed by atoms with Crippen molar-refractivity contribution in [2.24, 2.45) is 10.9 Å². The fraction of sp³-hybridized carbons (Fsp3) is 0. The SMILES string of the molecule is NC(=O)NS(N)(=O)=O.c1c[nH]cn1. The van der Waals surface area contributed by atoms with Crippen LogP contribution in [0.15, 0.2) is 18.7 Å². The number of nitrogens with one attached hydrogen (secondary N) is 2. The minimum Gasteiger partial charge on any atom is -0.351 e. The number of amides is 2. The molecule has 0 aliphatic heterocycles. The van der Waals surface area contributed by atoms with E-state index >= 15 is 0 Å². The molecule has 1 heterocycles. The van der Waals surface area contributed by atoms with Crippen molar-refractivity contribution in [2.75, 3.05) is 0 Å². The lowest BCUT2D eigenvalue weighted by Crippen LogP contribution is -2.39. The van der Waals surface area contributed by atoms with Crippen LogP contribution in [0.25, 0.3) is 0 Å². The van der Waals surface area contributed by atoms with Crippen LogP contribution in [0.2, 0.25) is 0 Å². The first-order chi connectivity index (χ1) is 5.92. The second kappa shape index (κ2) is 5.11. The average Bonchev–Trinajstić information content (AvgIpc) is 2.33. The van der Waals surface area contributed by atoms with Crippen molar-refractivity contribution < 1.29 is 13.2 Å². The Hall–Kier alpha value is -1.61. The zero-order valence-corrected chi connectivity index (χ0v) is 7.28. The molecular formula is C4H9N5O3S. The Morgan fingerprint density at radius 1 is 1.54 bits per heavy atom. The molecule has 13 heavy (non-hydrogen) atoms. The molecule has 0 radical (unpaired) electrons. The maximum atomic E-state index is 9.81. The van der Waals surface area contributed by atoms with E-state index in [1.165, 1.54) is 4.72 Å². The first-order valence-electron chi connectivity index (χ1n) is 2.94. The van der Waals surface area contributed by atoms with E-state index in [9.17, 15) is 13.2 Å². The lowest BCUT2D eigenvalue weighted by molar-refractivity contribution is 0.253. The van der Waals surface area contributed by atoms with Gasteiger partial charge in [0.15, 0.2) is 0 Å². The number of nitrogens with two attached hydrogens (primary N) is 2. The largest absolute Gasteiger partial charge is 0.351 e. The molecule has 0 spiro atoms. The molecule has 1 aromatic rings. The predicted octanol–water partition coefficient (Wildman–Crippen LogP) is -1.73. The number of hydrogen-bond donors (Lipinski definition) is 4. The minimum absolute atomic E-state index is 1.19. The molecule has 0 fully saturated rings. The maximum Gasteiger partial charge on any atom is 0.326 e. The van der Waals surface area contributed by atoms with Crippen LogP contribution in [0.4, 0.5) is 4.79 Å². The third-order valence-electron chi connectivity index (χ3n) is 0.649. The van der Waals surface area contributed by atoms with Crippen molar-refractivity contribution in [3.05, 3.63) is 18.7 Å². The summed E-state index contributed by atoms with van der Waals surface area (Å²) >= 11 is 0. The number of hydrogen-bond acceptors (Lipinski definition) is 4. The van der Waals surface area contributed by atoms with E-state index in [-0.39, 0.29) is 0 Å². The van der Waals surface area contributed by atoms with Gasteiger partial charge in [-0.3, -0.25) is 0 Å². The number of primary amides is 1. The molecule has 0 saturated heterocycles. The number of rotatable bonds is 1. The lowest BCUT2D eigenvalue weighted by Gasteiger charge is -1.92. The molecule has 0 atom stereocenters. The summed E-state index contributed by atoms with van der Waals surface area (Å²) in [4.78, 5) is 16.1.